The first-order valence-corrected chi connectivity index (χ1v) is 9.50. The van der Waals surface area contributed by atoms with Crippen molar-refractivity contribution in [2.75, 3.05) is 24.5 Å². The van der Waals surface area contributed by atoms with Crippen LogP contribution in [0.25, 0.3) is 0 Å². The molecule has 0 spiro atoms. The SMILES string of the molecule is Cc1ccnc(N2CC[C@@H]3[C@@H](CCC(=O)N3CCCn3ccnc3)C2)n1. The Morgan fingerprint density at radius 1 is 1.23 bits per heavy atom. The molecule has 2 fully saturated rings. The minimum absolute atomic E-state index is 0.317. The summed E-state index contributed by atoms with van der Waals surface area (Å²) in [6.07, 6.45) is 11.0. The summed E-state index contributed by atoms with van der Waals surface area (Å²) in [5.41, 5.74) is 0.997. The van der Waals surface area contributed by atoms with Crippen LogP contribution in [0.3, 0.4) is 0 Å². The number of anilines is 1. The molecule has 0 N–H and O–H groups in total. The molecule has 2 aliphatic heterocycles. The molecule has 2 aliphatic rings. The molecule has 26 heavy (non-hydrogen) atoms. The normalized spacial score (nSPS) is 23.2. The number of amides is 1. The van der Waals surface area contributed by atoms with Crippen LogP contribution in [0, 0.1) is 12.8 Å². The highest BCUT2D eigenvalue weighted by atomic mass is 16.2. The molecule has 2 aromatic rings. The maximum Gasteiger partial charge on any atom is 0.225 e. The van der Waals surface area contributed by atoms with Crippen LogP contribution in [0.1, 0.15) is 31.4 Å². The number of hydrogen-bond acceptors (Lipinski definition) is 5. The monoisotopic (exact) mass is 354 g/mol. The zero-order valence-corrected chi connectivity index (χ0v) is 15.3. The number of hydrogen-bond donors (Lipinski definition) is 0. The Balaban J connectivity index is 1.38. The lowest BCUT2D eigenvalue weighted by Crippen LogP contribution is -2.56. The minimum atomic E-state index is 0.317. The van der Waals surface area contributed by atoms with Gasteiger partial charge in [0.15, 0.2) is 0 Å². The summed E-state index contributed by atoms with van der Waals surface area (Å²) < 4.78 is 2.07. The van der Waals surface area contributed by atoms with E-state index in [-0.39, 0.29) is 0 Å². The van der Waals surface area contributed by atoms with Gasteiger partial charge in [0.25, 0.3) is 0 Å². The number of aryl methyl sites for hydroxylation is 2. The van der Waals surface area contributed by atoms with E-state index in [0.29, 0.717) is 24.3 Å². The molecule has 0 unspecified atom stereocenters. The fourth-order valence-corrected chi connectivity index (χ4v) is 4.25. The van der Waals surface area contributed by atoms with E-state index in [9.17, 15) is 4.79 Å². The Kier molecular flexibility index (Phi) is 4.86. The topological polar surface area (TPSA) is 67.2 Å². The van der Waals surface area contributed by atoms with Gasteiger partial charge in [-0.25, -0.2) is 15.0 Å². The molecule has 138 valence electrons. The largest absolute Gasteiger partial charge is 0.340 e. The highest BCUT2D eigenvalue weighted by molar-refractivity contribution is 5.77. The average Bonchev–Trinajstić information content (AvgIpc) is 3.16. The summed E-state index contributed by atoms with van der Waals surface area (Å²) in [5, 5.41) is 0. The van der Waals surface area contributed by atoms with Crippen molar-refractivity contribution in [3.8, 4) is 0 Å². The molecular formula is C19H26N6O. The molecular weight excluding hydrogens is 328 g/mol. The zero-order chi connectivity index (χ0) is 17.9. The van der Waals surface area contributed by atoms with Crippen LogP contribution in [0.5, 0.6) is 0 Å². The van der Waals surface area contributed by atoms with Gasteiger partial charge in [-0.2, -0.15) is 0 Å². The Morgan fingerprint density at radius 3 is 2.96 bits per heavy atom. The van der Waals surface area contributed by atoms with Crippen LogP contribution < -0.4 is 4.90 Å². The minimum Gasteiger partial charge on any atom is -0.340 e. The van der Waals surface area contributed by atoms with Crippen molar-refractivity contribution in [3.05, 3.63) is 36.7 Å². The lowest BCUT2D eigenvalue weighted by atomic mass is 9.83. The summed E-state index contributed by atoms with van der Waals surface area (Å²) in [6, 6.07) is 2.29. The molecule has 2 saturated heterocycles. The molecule has 0 aliphatic carbocycles. The summed E-state index contributed by atoms with van der Waals surface area (Å²) in [5.74, 6) is 1.66. The number of nitrogens with zero attached hydrogens (tertiary/aromatic N) is 6. The number of carbonyl (C=O) groups is 1. The van der Waals surface area contributed by atoms with Gasteiger partial charge in [-0.05, 0) is 38.2 Å². The third-order valence-corrected chi connectivity index (χ3v) is 5.58. The number of piperidine rings is 2. The maximum absolute atomic E-state index is 12.5. The van der Waals surface area contributed by atoms with Gasteiger partial charge < -0.3 is 14.4 Å². The van der Waals surface area contributed by atoms with Gasteiger partial charge in [-0.1, -0.05) is 0 Å². The summed E-state index contributed by atoms with van der Waals surface area (Å²) in [4.78, 5) is 30.0. The highest BCUT2D eigenvalue weighted by Crippen LogP contribution is 2.32. The van der Waals surface area contributed by atoms with Crippen molar-refractivity contribution in [2.45, 2.75) is 45.2 Å². The standard InChI is InChI=1S/C19H26N6O/c1-15-5-7-21-19(22-15)24-11-6-17-16(13-24)3-4-18(26)25(17)10-2-9-23-12-8-20-14-23/h5,7-8,12,14,16-17H,2-4,6,9-11,13H2,1H3/t16-,17+/m0/s1. The number of carbonyl (C=O) groups excluding carboxylic acids is 1. The van der Waals surface area contributed by atoms with Crippen LogP contribution in [0.15, 0.2) is 31.0 Å². The average molecular weight is 354 g/mol. The van der Waals surface area contributed by atoms with Gasteiger partial charge in [0.05, 0.1) is 6.33 Å². The van der Waals surface area contributed by atoms with Crippen LogP contribution in [-0.2, 0) is 11.3 Å². The molecule has 4 heterocycles. The van der Waals surface area contributed by atoms with Crippen LogP contribution in [0.4, 0.5) is 5.95 Å². The van der Waals surface area contributed by atoms with Gasteiger partial charge in [0.1, 0.15) is 0 Å². The number of likely N-dealkylation sites (tertiary alicyclic amines) is 1. The molecule has 0 bridgehead atoms. The molecule has 2 aromatic heterocycles. The second-order valence-electron chi connectivity index (χ2n) is 7.34. The Labute approximate surface area is 154 Å². The van der Waals surface area contributed by atoms with E-state index in [1.54, 1.807) is 6.20 Å². The van der Waals surface area contributed by atoms with Gasteiger partial charge in [-0.3, -0.25) is 4.79 Å². The van der Waals surface area contributed by atoms with Gasteiger partial charge in [0.2, 0.25) is 11.9 Å². The molecule has 7 nitrogen and oxygen atoms in total. The quantitative estimate of drug-likeness (QED) is 0.820. The van der Waals surface area contributed by atoms with E-state index in [2.05, 4.69) is 29.3 Å². The molecule has 7 heteroatoms. The second-order valence-corrected chi connectivity index (χ2v) is 7.34. The van der Waals surface area contributed by atoms with E-state index in [4.69, 9.17) is 0 Å². The predicted molar refractivity (Wildman–Crippen MR) is 98.7 cm³/mol. The molecule has 0 aromatic carbocycles. The Bertz CT molecular complexity index is 746. The van der Waals surface area contributed by atoms with E-state index in [1.165, 1.54) is 0 Å². The third-order valence-electron chi connectivity index (χ3n) is 5.58. The van der Waals surface area contributed by atoms with Gasteiger partial charge in [-0.15, -0.1) is 0 Å². The van der Waals surface area contributed by atoms with Crippen molar-refractivity contribution in [1.82, 2.24) is 24.4 Å². The fourth-order valence-electron chi connectivity index (χ4n) is 4.25. The van der Waals surface area contributed by atoms with Gasteiger partial charge >= 0.3 is 0 Å². The predicted octanol–water partition coefficient (Wildman–Crippen LogP) is 1.89. The summed E-state index contributed by atoms with van der Waals surface area (Å²) in [7, 11) is 0. The highest BCUT2D eigenvalue weighted by Gasteiger charge is 2.39. The van der Waals surface area contributed by atoms with E-state index in [0.717, 1.165) is 57.1 Å². The van der Waals surface area contributed by atoms with E-state index < -0.39 is 0 Å². The smallest absolute Gasteiger partial charge is 0.225 e. The molecule has 2 atom stereocenters. The second kappa shape index (κ2) is 7.43. The molecule has 1 amide bonds. The van der Waals surface area contributed by atoms with Crippen molar-refractivity contribution in [2.24, 2.45) is 5.92 Å². The van der Waals surface area contributed by atoms with Crippen LogP contribution >= 0.6 is 0 Å². The van der Waals surface area contributed by atoms with Crippen LogP contribution in [0.2, 0.25) is 0 Å². The first-order chi connectivity index (χ1) is 12.7. The number of rotatable bonds is 5. The fraction of sp³-hybridized carbons (Fsp3) is 0.579. The Hall–Kier alpha value is -2.44. The van der Waals surface area contributed by atoms with Gasteiger partial charge in [0, 0.05) is 62.9 Å². The first kappa shape index (κ1) is 17.0. The molecule has 4 rings (SSSR count). The number of aromatic nitrogens is 4. The van der Waals surface area contributed by atoms with Crippen molar-refractivity contribution < 1.29 is 4.79 Å². The Morgan fingerprint density at radius 2 is 2.15 bits per heavy atom. The van der Waals surface area contributed by atoms with E-state index in [1.807, 2.05) is 31.7 Å². The van der Waals surface area contributed by atoms with Crippen LogP contribution in [-0.4, -0.2) is 56.0 Å². The van der Waals surface area contributed by atoms with E-state index >= 15 is 0 Å². The maximum atomic E-state index is 12.5. The summed E-state index contributed by atoms with van der Waals surface area (Å²) >= 11 is 0. The zero-order valence-electron chi connectivity index (χ0n) is 15.3. The summed E-state index contributed by atoms with van der Waals surface area (Å²) in [6.45, 7) is 5.60. The number of imidazole rings is 1. The molecule has 0 radical (unpaired) electrons. The van der Waals surface area contributed by atoms with Crippen molar-refractivity contribution >= 4 is 11.9 Å². The lowest BCUT2D eigenvalue weighted by Gasteiger charge is -2.47. The third kappa shape index (κ3) is 3.57. The molecule has 0 saturated carbocycles. The number of fused-ring (bicyclic) bond motifs is 1. The first-order valence-electron chi connectivity index (χ1n) is 9.50. The lowest BCUT2D eigenvalue weighted by molar-refractivity contribution is -0.139. The van der Waals surface area contributed by atoms with Crippen molar-refractivity contribution in [1.29, 1.82) is 0 Å². The van der Waals surface area contributed by atoms with Crippen molar-refractivity contribution in [3.63, 3.8) is 0 Å².